The summed E-state index contributed by atoms with van der Waals surface area (Å²) in [6, 6.07) is 3.18. The molecule has 34 heavy (non-hydrogen) atoms. The van der Waals surface area contributed by atoms with Crippen LogP contribution in [0.3, 0.4) is 0 Å². The van der Waals surface area contributed by atoms with Crippen molar-refractivity contribution in [1.82, 2.24) is 0 Å². The van der Waals surface area contributed by atoms with Crippen molar-refractivity contribution in [3.8, 4) is 11.5 Å². The van der Waals surface area contributed by atoms with Gasteiger partial charge in [0.15, 0.2) is 11.5 Å². The number of methoxy groups -OCH3 is 2. The van der Waals surface area contributed by atoms with E-state index < -0.39 is 36.5 Å². The number of hydrogen-bond acceptors (Lipinski definition) is 11. The number of hydrogen-bond donors (Lipinski definition) is 1. The first-order valence-corrected chi connectivity index (χ1v) is 10.8. The van der Waals surface area contributed by atoms with Crippen LogP contribution in [-0.4, -0.2) is 56.7 Å². The predicted octanol–water partition coefficient (Wildman–Crippen LogP) is 3.15. The Morgan fingerprint density at radius 1 is 0.853 bits per heavy atom. The lowest BCUT2D eigenvalue weighted by Crippen LogP contribution is -2.40. The van der Waals surface area contributed by atoms with Gasteiger partial charge in [-0.1, -0.05) is 26.3 Å². The second-order valence-corrected chi connectivity index (χ2v) is 7.68. The third-order valence-corrected chi connectivity index (χ3v) is 4.88. The van der Waals surface area contributed by atoms with E-state index in [4.69, 9.17) is 24.7 Å². The lowest BCUT2D eigenvalue weighted by atomic mass is 10.1. The van der Waals surface area contributed by atoms with E-state index >= 15 is 0 Å². The van der Waals surface area contributed by atoms with Crippen LogP contribution in [-0.2, 0) is 35.0 Å². The minimum Gasteiger partial charge on any atom is -0.459 e. The zero-order valence-corrected chi connectivity index (χ0v) is 20.3. The third-order valence-electron chi connectivity index (χ3n) is 4.88. The van der Waals surface area contributed by atoms with E-state index in [9.17, 15) is 19.2 Å². The van der Waals surface area contributed by atoms with E-state index in [1.165, 1.54) is 18.2 Å². The second kappa shape index (κ2) is 14.0. The summed E-state index contributed by atoms with van der Waals surface area (Å²) in [4.78, 5) is 47.5. The summed E-state index contributed by atoms with van der Waals surface area (Å²) in [6.45, 7) is 7.00. The van der Waals surface area contributed by atoms with Gasteiger partial charge in [-0.3, -0.25) is 9.59 Å². The fourth-order valence-corrected chi connectivity index (χ4v) is 2.76. The standard InChI is InChI=1S/C23H33NO10/c1-7-8-13(2)20(25)31-14(3)15(4)32-21(26)17(24)11-16-9-10-18(33-22(27)29-5)19(12-16)34-23(28)30-6/h9-10,12-15,17H,7-8,11,24H2,1-6H3/t13?,14-,15-,17-/m0/s1. The van der Waals surface area contributed by atoms with Crippen molar-refractivity contribution in [2.24, 2.45) is 11.7 Å². The highest BCUT2D eigenvalue weighted by atomic mass is 16.7. The Hall–Kier alpha value is -3.34. The molecule has 0 bridgehead atoms. The van der Waals surface area contributed by atoms with Crippen LogP contribution in [0.5, 0.6) is 11.5 Å². The Kier molecular flexibility index (Phi) is 11.8. The summed E-state index contributed by atoms with van der Waals surface area (Å²) in [5, 5.41) is 0. The van der Waals surface area contributed by atoms with Crippen LogP contribution in [0.25, 0.3) is 0 Å². The van der Waals surface area contributed by atoms with Crippen LogP contribution in [0.2, 0.25) is 0 Å². The fraction of sp³-hybridized carbons (Fsp3) is 0.565. The Bertz CT molecular complexity index is 856. The molecule has 1 rings (SSSR count). The van der Waals surface area contributed by atoms with Crippen LogP contribution < -0.4 is 15.2 Å². The minimum atomic E-state index is -1.07. The van der Waals surface area contributed by atoms with Gasteiger partial charge >= 0.3 is 24.2 Å². The van der Waals surface area contributed by atoms with E-state index in [2.05, 4.69) is 9.47 Å². The predicted molar refractivity (Wildman–Crippen MR) is 119 cm³/mol. The largest absolute Gasteiger partial charge is 0.513 e. The van der Waals surface area contributed by atoms with Gasteiger partial charge < -0.3 is 34.2 Å². The van der Waals surface area contributed by atoms with Gasteiger partial charge in [-0.15, -0.1) is 0 Å². The summed E-state index contributed by atoms with van der Waals surface area (Å²) in [5.41, 5.74) is 6.47. The molecule has 11 heteroatoms. The maximum Gasteiger partial charge on any atom is 0.513 e. The zero-order chi connectivity index (χ0) is 25.8. The number of nitrogens with two attached hydrogens (primary N) is 1. The molecule has 1 unspecified atom stereocenters. The van der Waals surface area contributed by atoms with E-state index in [0.29, 0.717) is 12.0 Å². The molecule has 0 radical (unpaired) electrons. The van der Waals surface area contributed by atoms with Crippen LogP contribution in [0, 0.1) is 5.92 Å². The number of benzene rings is 1. The molecule has 0 heterocycles. The molecule has 0 saturated carbocycles. The molecule has 0 spiro atoms. The number of rotatable bonds is 11. The summed E-state index contributed by atoms with van der Waals surface area (Å²) < 4.78 is 29.5. The normalized spacial score (nSPS) is 14.1. The van der Waals surface area contributed by atoms with Gasteiger partial charge in [0.05, 0.1) is 20.1 Å². The van der Waals surface area contributed by atoms with Crippen LogP contribution in [0.1, 0.15) is 46.1 Å². The summed E-state index contributed by atoms with van der Waals surface area (Å²) in [7, 11) is 2.24. The lowest BCUT2D eigenvalue weighted by Gasteiger charge is -2.23. The number of ether oxygens (including phenoxy) is 6. The topological polar surface area (TPSA) is 150 Å². The first kappa shape index (κ1) is 28.7. The van der Waals surface area contributed by atoms with Gasteiger partial charge in [0.2, 0.25) is 0 Å². The molecular formula is C23H33NO10. The minimum absolute atomic E-state index is 0.0172. The van der Waals surface area contributed by atoms with Gasteiger partial charge in [-0.25, -0.2) is 9.59 Å². The van der Waals surface area contributed by atoms with Crippen molar-refractivity contribution in [3.05, 3.63) is 23.8 Å². The average Bonchev–Trinajstić information content (AvgIpc) is 2.80. The van der Waals surface area contributed by atoms with Crippen LogP contribution >= 0.6 is 0 Å². The third kappa shape index (κ3) is 9.26. The SMILES string of the molecule is CCCC(C)C(=O)O[C@@H](C)[C@H](C)OC(=O)[C@@H](N)Cc1ccc(OC(=O)OC)c(OC(=O)OC)c1. The average molecular weight is 484 g/mol. The molecule has 190 valence electrons. The van der Waals surface area contributed by atoms with Crippen molar-refractivity contribution in [3.63, 3.8) is 0 Å². The van der Waals surface area contributed by atoms with Crippen molar-refractivity contribution < 1.29 is 47.6 Å². The molecule has 1 aromatic rings. The summed E-state index contributed by atoms with van der Waals surface area (Å²) in [6.07, 6.45) is -1.86. The molecule has 11 nitrogen and oxygen atoms in total. The maximum atomic E-state index is 12.5. The quantitative estimate of drug-likeness (QED) is 0.281. The smallest absolute Gasteiger partial charge is 0.459 e. The summed E-state index contributed by atoms with van der Waals surface area (Å²) in [5.74, 6) is -1.54. The first-order valence-electron chi connectivity index (χ1n) is 10.8. The van der Waals surface area contributed by atoms with Crippen molar-refractivity contribution >= 4 is 24.2 Å². The number of esters is 2. The molecule has 2 N–H and O–H groups in total. The highest BCUT2D eigenvalue weighted by Gasteiger charge is 2.26. The first-order chi connectivity index (χ1) is 16.0. The Morgan fingerprint density at radius 2 is 1.38 bits per heavy atom. The van der Waals surface area contributed by atoms with E-state index in [0.717, 1.165) is 20.6 Å². The molecule has 0 aliphatic rings. The molecule has 0 aliphatic carbocycles. The second-order valence-electron chi connectivity index (χ2n) is 7.68. The molecule has 1 aromatic carbocycles. The maximum absolute atomic E-state index is 12.5. The molecule has 0 aromatic heterocycles. The van der Waals surface area contributed by atoms with Crippen molar-refractivity contribution in [1.29, 1.82) is 0 Å². The Morgan fingerprint density at radius 3 is 1.91 bits per heavy atom. The number of carbonyl (C=O) groups is 4. The van der Waals surface area contributed by atoms with Crippen LogP contribution in [0.4, 0.5) is 9.59 Å². The Balaban J connectivity index is 2.81. The van der Waals surface area contributed by atoms with E-state index in [1.54, 1.807) is 20.8 Å². The monoisotopic (exact) mass is 483 g/mol. The highest BCUT2D eigenvalue weighted by Crippen LogP contribution is 2.30. The highest BCUT2D eigenvalue weighted by molar-refractivity contribution is 5.76. The molecule has 0 amide bonds. The van der Waals surface area contributed by atoms with Gasteiger partial charge in [0.1, 0.15) is 18.2 Å². The molecule has 0 saturated heterocycles. The summed E-state index contributed by atoms with van der Waals surface area (Å²) >= 11 is 0. The van der Waals surface area contributed by atoms with Gasteiger partial charge in [0, 0.05) is 0 Å². The van der Waals surface area contributed by atoms with Gasteiger partial charge in [-0.05, 0) is 44.4 Å². The van der Waals surface area contributed by atoms with E-state index in [-0.39, 0.29) is 29.8 Å². The zero-order valence-electron chi connectivity index (χ0n) is 20.3. The van der Waals surface area contributed by atoms with Crippen LogP contribution in [0.15, 0.2) is 18.2 Å². The molecular weight excluding hydrogens is 450 g/mol. The lowest BCUT2D eigenvalue weighted by molar-refractivity contribution is -0.168. The number of carbonyl (C=O) groups excluding carboxylic acids is 4. The van der Waals surface area contributed by atoms with Crippen molar-refractivity contribution in [2.75, 3.05) is 14.2 Å². The molecule has 4 atom stereocenters. The molecule has 0 aliphatic heterocycles. The van der Waals surface area contributed by atoms with Crippen molar-refractivity contribution in [2.45, 2.75) is 65.2 Å². The fourth-order valence-electron chi connectivity index (χ4n) is 2.76. The Labute approximate surface area is 198 Å². The van der Waals surface area contributed by atoms with Gasteiger partial charge in [-0.2, -0.15) is 0 Å². The molecule has 0 fully saturated rings. The van der Waals surface area contributed by atoms with Gasteiger partial charge in [0.25, 0.3) is 0 Å². The van der Waals surface area contributed by atoms with E-state index in [1.807, 2.05) is 6.92 Å².